The molecular formula is C28H32N2O6. The van der Waals surface area contributed by atoms with Gasteiger partial charge >= 0.3 is 0 Å². The lowest BCUT2D eigenvalue weighted by Crippen LogP contribution is -2.39. The third-order valence-electron chi connectivity index (χ3n) is 6.37. The molecular weight excluding hydrogens is 460 g/mol. The molecule has 2 heterocycles. The third kappa shape index (κ3) is 5.78. The van der Waals surface area contributed by atoms with Crippen LogP contribution in [0.4, 0.5) is 0 Å². The van der Waals surface area contributed by atoms with Gasteiger partial charge in [0.1, 0.15) is 0 Å². The Kier molecular flexibility index (Phi) is 8.40. The Bertz CT molecular complexity index is 1140. The van der Waals surface area contributed by atoms with Gasteiger partial charge in [-0.15, -0.1) is 0 Å². The number of aromatic hydroxyl groups is 1. The number of amides is 1. The van der Waals surface area contributed by atoms with Crippen molar-refractivity contribution in [3.05, 3.63) is 77.1 Å². The van der Waals surface area contributed by atoms with Crippen molar-refractivity contribution in [2.45, 2.75) is 19.4 Å². The van der Waals surface area contributed by atoms with Crippen molar-refractivity contribution >= 4 is 17.8 Å². The number of phenolic OH excluding ortho intramolecular Hbond substituents is 1. The molecule has 2 aromatic rings. The SMILES string of the molecule is CCOc1cc([C@H]2C(C(=O)/C=C/c3ccccc3)=C(O)C(=O)N2CCCN2CCOCC2)ccc1O. The Labute approximate surface area is 211 Å². The Morgan fingerprint density at radius 1 is 1.11 bits per heavy atom. The molecule has 4 rings (SSSR count). The van der Waals surface area contributed by atoms with Gasteiger partial charge in [0.15, 0.2) is 23.0 Å². The number of phenols is 1. The highest BCUT2D eigenvalue weighted by molar-refractivity contribution is 6.14. The molecule has 2 aliphatic heterocycles. The van der Waals surface area contributed by atoms with Gasteiger partial charge in [-0.1, -0.05) is 42.5 Å². The van der Waals surface area contributed by atoms with E-state index in [1.54, 1.807) is 25.1 Å². The molecule has 36 heavy (non-hydrogen) atoms. The smallest absolute Gasteiger partial charge is 0.290 e. The summed E-state index contributed by atoms with van der Waals surface area (Å²) in [6.45, 7) is 6.33. The predicted octanol–water partition coefficient (Wildman–Crippen LogP) is 3.49. The molecule has 1 amide bonds. The second-order valence-corrected chi connectivity index (χ2v) is 8.74. The van der Waals surface area contributed by atoms with Gasteiger partial charge in [-0.25, -0.2) is 0 Å². The van der Waals surface area contributed by atoms with Crippen molar-refractivity contribution in [1.29, 1.82) is 0 Å². The number of morpholine rings is 1. The molecule has 2 aliphatic rings. The molecule has 1 saturated heterocycles. The minimum atomic E-state index is -0.796. The largest absolute Gasteiger partial charge is 0.504 e. The zero-order valence-corrected chi connectivity index (χ0v) is 20.4. The molecule has 0 unspecified atom stereocenters. The minimum Gasteiger partial charge on any atom is -0.504 e. The standard InChI is InChI=1S/C28H32N2O6/c1-2-36-24-19-21(10-12-22(24)31)26-25(23(32)11-9-20-7-4-3-5-8-20)27(33)28(34)30(26)14-6-13-29-15-17-35-18-16-29/h3-5,7-12,19,26,31,33H,2,6,13-18H2,1H3/b11-9+/t26-/m0/s1. The number of aliphatic hydroxyl groups excluding tert-OH is 1. The molecule has 0 aromatic heterocycles. The monoisotopic (exact) mass is 492 g/mol. The van der Waals surface area contributed by atoms with E-state index in [0.717, 1.165) is 25.2 Å². The maximum Gasteiger partial charge on any atom is 0.290 e. The number of benzene rings is 2. The van der Waals surface area contributed by atoms with E-state index < -0.39 is 23.5 Å². The first-order chi connectivity index (χ1) is 17.5. The lowest BCUT2D eigenvalue weighted by Gasteiger charge is -2.30. The van der Waals surface area contributed by atoms with Crippen molar-refractivity contribution in [3.63, 3.8) is 0 Å². The normalized spacial score (nSPS) is 18.9. The summed E-state index contributed by atoms with van der Waals surface area (Å²) in [5.41, 5.74) is 1.43. The highest BCUT2D eigenvalue weighted by Crippen LogP contribution is 2.41. The van der Waals surface area contributed by atoms with E-state index in [1.807, 2.05) is 30.3 Å². The number of ether oxygens (including phenoxy) is 2. The maximum atomic E-state index is 13.3. The topological polar surface area (TPSA) is 99.5 Å². The fraction of sp³-hybridized carbons (Fsp3) is 0.357. The van der Waals surface area contributed by atoms with Crippen LogP contribution in [0.25, 0.3) is 6.08 Å². The van der Waals surface area contributed by atoms with E-state index in [2.05, 4.69) is 4.90 Å². The molecule has 0 bridgehead atoms. The molecule has 1 atom stereocenters. The molecule has 0 radical (unpaired) electrons. The summed E-state index contributed by atoms with van der Waals surface area (Å²) in [4.78, 5) is 30.3. The van der Waals surface area contributed by atoms with Crippen molar-refractivity contribution in [2.24, 2.45) is 0 Å². The first-order valence-electron chi connectivity index (χ1n) is 12.3. The van der Waals surface area contributed by atoms with Gasteiger partial charge in [-0.3, -0.25) is 14.5 Å². The summed E-state index contributed by atoms with van der Waals surface area (Å²) in [6.07, 6.45) is 3.71. The predicted molar refractivity (Wildman–Crippen MR) is 136 cm³/mol. The Morgan fingerprint density at radius 2 is 1.86 bits per heavy atom. The molecule has 2 N–H and O–H groups in total. The number of nitrogens with zero attached hydrogens (tertiary/aromatic N) is 2. The number of carbonyl (C=O) groups is 2. The lowest BCUT2D eigenvalue weighted by atomic mass is 9.95. The zero-order chi connectivity index (χ0) is 25.5. The number of hydrogen-bond acceptors (Lipinski definition) is 7. The maximum absolute atomic E-state index is 13.3. The fourth-order valence-corrected chi connectivity index (χ4v) is 4.57. The van der Waals surface area contributed by atoms with Crippen LogP contribution in [-0.2, 0) is 14.3 Å². The molecule has 0 saturated carbocycles. The number of ketones is 1. The number of aliphatic hydroxyl groups is 1. The van der Waals surface area contributed by atoms with Gasteiger partial charge in [0.05, 0.1) is 31.4 Å². The van der Waals surface area contributed by atoms with Gasteiger partial charge in [-0.05, 0) is 42.7 Å². The fourth-order valence-electron chi connectivity index (χ4n) is 4.57. The average molecular weight is 493 g/mol. The van der Waals surface area contributed by atoms with Crippen LogP contribution in [0.5, 0.6) is 11.5 Å². The lowest BCUT2D eigenvalue weighted by molar-refractivity contribution is -0.129. The van der Waals surface area contributed by atoms with E-state index in [-0.39, 0.29) is 17.1 Å². The van der Waals surface area contributed by atoms with Gasteiger partial charge in [0, 0.05) is 26.2 Å². The van der Waals surface area contributed by atoms with Crippen LogP contribution in [0.1, 0.15) is 30.5 Å². The Hall–Kier alpha value is -3.62. The summed E-state index contributed by atoms with van der Waals surface area (Å²) in [6, 6.07) is 13.3. The second-order valence-electron chi connectivity index (χ2n) is 8.74. The molecule has 0 spiro atoms. The summed E-state index contributed by atoms with van der Waals surface area (Å²) in [7, 11) is 0. The number of hydrogen-bond donors (Lipinski definition) is 2. The Balaban J connectivity index is 1.62. The van der Waals surface area contributed by atoms with Crippen LogP contribution in [0.3, 0.4) is 0 Å². The van der Waals surface area contributed by atoms with E-state index in [4.69, 9.17) is 9.47 Å². The van der Waals surface area contributed by atoms with Crippen molar-refractivity contribution in [3.8, 4) is 11.5 Å². The third-order valence-corrected chi connectivity index (χ3v) is 6.37. The molecule has 190 valence electrons. The van der Waals surface area contributed by atoms with E-state index >= 15 is 0 Å². The van der Waals surface area contributed by atoms with E-state index in [1.165, 1.54) is 17.0 Å². The highest BCUT2D eigenvalue weighted by Gasteiger charge is 2.42. The quantitative estimate of drug-likeness (QED) is 0.490. The summed E-state index contributed by atoms with van der Waals surface area (Å²) < 4.78 is 10.9. The Morgan fingerprint density at radius 3 is 2.58 bits per heavy atom. The van der Waals surface area contributed by atoms with Gasteiger partial charge in [0.25, 0.3) is 5.91 Å². The number of rotatable bonds is 10. The van der Waals surface area contributed by atoms with Crippen molar-refractivity contribution in [1.82, 2.24) is 9.80 Å². The van der Waals surface area contributed by atoms with Gasteiger partial charge in [0.2, 0.25) is 0 Å². The van der Waals surface area contributed by atoms with Crippen LogP contribution in [-0.4, -0.2) is 77.7 Å². The first-order valence-corrected chi connectivity index (χ1v) is 12.3. The van der Waals surface area contributed by atoms with E-state index in [9.17, 15) is 19.8 Å². The molecule has 1 fully saturated rings. The van der Waals surface area contributed by atoms with Crippen LogP contribution in [0, 0.1) is 0 Å². The van der Waals surface area contributed by atoms with Crippen LogP contribution >= 0.6 is 0 Å². The van der Waals surface area contributed by atoms with Gasteiger partial charge in [-0.2, -0.15) is 0 Å². The highest BCUT2D eigenvalue weighted by atomic mass is 16.5. The van der Waals surface area contributed by atoms with Crippen LogP contribution in [0.15, 0.2) is 65.9 Å². The van der Waals surface area contributed by atoms with Gasteiger partial charge < -0.3 is 24.6 Å². The first kappa shape index (κ1) is 25.5. The minimum absolute atomic E-state index is 0.0201. The van der Waals surface area contributed by atoms with E-state index in [0.29, 0.717) is 38.3 Å². The molecule has 0 aliphatic carbocycles. The van der Waals surface area contributed by atoms with Crippen molar-refractivity contribution in [2.75, 3.05) is 46.0 Å². The average Bonchev–Trinajstić information content (AvgIpc) is 3.15. The number of carbonyl (C=O) groups excluding carboxylic acids is 2. The second kappa shape index (κ2) is 11.9. The van der Waals surface area contributed by atoms with Crippen LogP contribution < -0.4 is 4.74 Å². The summed E-state index contributed by atoms with van der Waals surface area (Å²) in [5, 5.41) is 21.0. The number of allylic oxidation sites excluding steroid dienone is 1. The molecule has 8 heteroatoms. The molecule has 8 nitrogen and oxygen atoms in total. The van der Waals surface area contributed by atoms with Crippen molar-refractivity contribution < 1.29 is 29.3 Å². The molecule has 2 aromatic carbocycles. The summed E-state index contributed by atoms with van der Waals surface area (Å²) >= 11 is 0. The zero-order valence-electron chi connectivity index (χ0n) is 20.4. The summed E-state index contributed by atoms with van der Waals surface area (Å²) in [5.74, 6) is -1.34. The van der Waals surface area contributed by atoms with Crippen LogP contribution in [0.2, 0.25) is 0 Å².